The van der Waals surface area contributed by atoms with Crippen molar-refractivity contribution >= 4 is 5.69 Å². The second-order valence-corrected chi connectivity index (χ2v) is 2.69. The van der Waals surface area contributed by atoms with E-state index in [0.29, 0.717) is 0 Å². The number of nitrogens with two attached hydrogens (primary N) is 1. The summed E-state index contributed by atoms with van der Waals surface area (Å²) in [6, 6.07) is 3.36. The summed E-state index contributed by atoms with van der Waals surface area (Å²) in [5.41, 5.74) is 4.83. The molecule has 0 amide bonds. The first-order chi connectivity index (χ1) is 6.54. The van der Waals surface area contributed by atoms with E-state index >= 15 is 0 Å². The van der Waals surface area contributed by atoms with E-state index in [1.165, 1.54) is 6.92 Å². The number of nitrogen functional groups attached to an aromatic ring is 1. The summed E-state index contributed by atoms with van der Waals surface area (Å²) in [6.45, 7) is 1.42. The Morgan fingerprint density at radius 3 is 2.64 bits per heavy atom. The largest absolute Gasteiger partial charge is 0.473 e. The molecule has 0 spiro atoms. The first-order valence-electron chi connectivity index (χ1n) is 3.85. The summed E-state index contributed by atoms with van der Waals surface area (Å²) in [7, 11) is 0. The Balaban J connectivity index is 2.99. The quantitative estimate of drug-likeness (QED) is 0.737. The highest BCUT2D eigenvalue weighted by molar-refractivity contribution is 5.44. The van der Waals surface area contributed by atoms with Crippen molar-refractivity contribution in [2.24, 2.45) is 0 Å². The third-order valence-electron chi connectivity index (χ3n) is 1.54. The lowest BCUT2D eigenvalue weighted by Crippen LogP contribution is -2.10. The van der Waals surface area contributed by atoms with Gasteiger partial charge in [0.05, 0.1) is 5.69 Å². The molecule has 0 saturated heterocycles. The predicted molar refractivity (Wildman–Crippen MR) is 46.5 cm³/mol. The van der Waals surface area contributed by atoms with Crippen molar-refractivity contribution in [2.75, 3.05) is 5.73 Å². The number of anilines is 1. The maximum atomic E-state index is 13.0. The number of rotatable bonds is 2. The lowest BCUT2D eigenvalue weighted by molar-refractivity contribution is 0.262. The Hall–Kier alpha value is -1.83. The maximum Gasteiger partial charge on any atom is 0.181 e. The minimum absolute atomic E-state index is 0.292. The minimum atomic E-state index is -0.840. The fourth-order valence-corrected chi connectivity index (χ4v) is 0.851. The maximum absolute atomic E-state index is 13.0. The third-order valence-corrected chi connectivity index (χ3v) is 1.54. The standard InChI is InChI=1S/C9H8F2N2O/c1-5(4-12)14-9-3-6(10)8(13)2-7(9)11/h2-3,5H,13H2,1H3. The summed E-state index contributed by atoms with van der Waals surface area (Å²) in [4.78, 5) is 0. The van der Waals surface area contributed by atoms with E-state index in [9.17, 15) is 8.78 Å². The lowest BCUT2D eigenvalue weighted by atomic mass is 10.3. The number of benzene rings is 1. The van der Waals surface area contributed by atoms with Crippen molar-refractivity contribution in [1.82, 2.24) is 0 Å². The molecule has 1 aromatic rings. The summed E-state index contributed by atoms with van der Waals surface area (Å²) in [5.74, 6) is -1.87. The zero-order valence-corrected chi connectivity index (χ0v) is 7.42. The van der Waals surface area contributed by atoms with Crippen molar-refractivity contribution in [2.45, 2.75) is 13.0 Å². The molecule has 0 heterocycles. The van der Waals surface area contributed by atoms with Crippen LogP contribution in [0.25, 0.3) is 0 Å². The average Bonchev–Trinajstić information content (AvgIpc) is 2.14. The monoisotopic (exact) mass is 198 g/mol. The number of ether oxygens (including phenoxy) is 1. The van der Waals surface area contributed by atoms with Gasteiger partial charge >= 0.3 is 0 Å². The van der Waals surface area contributed by atoms with Crippen LogP contribution < -0.4 is 10.5 Å². The highest BCUT2D eigenvalue weighted by Gasteiger charge is 2.11. The van der Waals surface area contributed by atoms with E-state index in [1.54, 1.807) is 6.07 Å². The Labute approximate surface area is 79.7 Å². The second-order valence-electron chi connectivity index (χ2n) is 2.69. The van der Waals surface area contributed by atoms with Crippen LogP contribution in [0.2, 0.25) is 0 Å². The molecule has 3 nitrogen and oxygen atoms in total. The minimum Gasteiger partial charge on any atom is -0.473 e. The van der Waals surface area contributed by atoms with Gasteiger partial charge in [0.2, 0.25) is 0 Å². The van der Waals surface area contributed by atoms with Crippen LogP contribution in [-0.2, 0) is 0 Å². The molecular weight excluding hydrogens is 190 g/mol. The summed E-state index contributed by atoms with van der Waals surface area (Å²) in [5, 5.41) is 8.39. The van der Waals surface area contributed by atoms with Gasteiger partial charge in [-0.2, -0.15) is 5.26 Å². The molecule has 1 aromatic carbocycles. The van der Waals surface area contributed by atoms with E-state index in [-0.39, 0.29) is 11.4 Å². The number of halogens is 2. The number of hydrogen-bond acceptors (Lipinski definition) is 3. The SMILES string of the molecule is CC(C#N)Oc1cc(F)c(N)cc1F. The molecule has 0 bridgehead atoms. The van der Waals surface area contributed by atoms with E-state index in [0.717, 1.165) is 12.1 Å². The summed E-state index contributed by atoms with van der Waals surface area (Å²) >= 11 is 0. The Morgan fingerprint density at radius 1 is 1.43 bits per heavy atom. The molecule has 0 radical (unpaired) electrons. The Morgan fingerprint density at radius 2 is 2.07 bits per heavy atom. The molecule has 1 atom stereocenters. The highest BCUT2D eigenvalue weighted by Crippen LogP contribution is 2.23. The van der Waals surface area contributed by atoms with Crippen molar-refractivity contribution in [3.63, 3.8) is 0 Å². The van der Waals surface area contributed by atoms with E-state index in [1.807, 2.05) is 0 Å². The van der Waals surface area contributed by atoms with E-state index in [4.69, 9.17) is 15.7 Å². The molecule has 14 heavy (non-hydrogen) atoms. The van der Waals surface area contributed by atoms with Gasteiger partial charge in [0.1, 0.15) is 11.9 Å². The van der Waals surface area contributed by atoms with Crippen LogP contribution in [0.15, 0.2) is 12.1 Å². The number of hydrogen-bond donors (Lipinski definition) is 1. The molecule has 0 aliphatic rings. The van der Waals surface area contributed by atoms with Gasteiger partial charge in [-0.05, 0) is 6.92 Å². The van der Waals surface area contributed by atoms with E-state index < -0.39 is 17.7 Å². The number of nitrogens with zero attached hydrogens (tertiary/aromatic N) is 1. The summed E-state index contributed by atoms with van der Waals surface area (Å²) < 4.78 is 30.7. The molecule has 74 valence electrons. The lowest BCUT2D eigenvalue weighted by Gasteiger charge is -2.09. The van der Waals surface area contributed by atoms with Crippen molar-refractivity contribution in [3.05, 3.63) is 23.8 Å². The zero-order chi connectivity index (χ0) is 10.7. The Bertz CT molecular complexity index is 387. The normalized spacial score (nSPS) is 11.9. The zero-order valence-electron chi connectivity index (χ0n) is 7.42. The number of nitriles is 1. The van der Waals surface area contributed by atoms with Gasteiger partial charge in [-0.3, -0.25) is 0 Å². The van der Waals surface area contributed by atoms with Gasteiger partial charge in [-0.1, -0.05) is 0 Å². The molecule has 0 aromatic heterocycles. The molecule has 1 unspecified atom stereocenters. The molecule has 0 aliphatic heterocycles. The van der Waals surface area contributed by atoms with E-state index in [2.05, 4.69) is 0 Å². The van der Waals surface area contributed by atoms with Gasteiger partial charge in [0, 0.05) is 12.1 Å². The molecule has 0 saturated carbocycles. The van der Waals surface area contributed by atoms with Crippen LogP contribution in [0.5, 0.6) is 5.75 Å². The van der Waals surface area contributed by atoms with Gasteiger partial charge in [0.25, 0.3) is 0 Å². The predicted octanol–water partition coefficient (Wildman–Crippen LogP) is 1.84. The fraction of sp³-hybridized carbons (Fsp3) is 0.222. The van der Waals surface area contributed by atoms with Gasteiger partial charge < -0.3 is 10.5 Å². The van der Waals surface area contributed by atoms with Crippen LogP contribution in [0.1, 0.15) is 6.92 Å². The van der Waals surface area contributed by atoms with Crippen LogP contribution in [0.4, 0.5) is 14.5 Å². The van der Waals surface area contributed by atoms with Crippen LogP contribution in [0, 0.1) is 23.0 Å². The topological polar surface area (TPSA) is 59.0 Å². The van der Waals surface area contributed by atoms with Crippen LogP contribution in [-0.4, -0.2) is 6.10 Å². The second kappa shape index (κ2) is 3.92. The first-order valence-corrected chi connectivity index (χ1v) is 3.85. The molecule has 5 heteroatoms. The highest BCUT2D eigenvalue weighted by atomic mass is 19.1. The van der Waals surface area contributed by atoms with Crippen molar-refractivity contribution in [3.8, 4) is 11.8 Å². The first kappa shape index (κ1) is 10.3. The molecule has 0 aliphatic carbocycles. The Kier molecular flexibility index (Phi) is 2.87. The fourth-order valence-electron chi connectivity index (χ4n) is 0.851. The van der Waals surface area contributed by atoms with Gasteiger partial charge in [-0.15, -0.1) is 0 Å². The molecule has 1 rings (SSSR count). The van der Waals surface area contributed by atoms with Crippen LogP contribution in [0.3, 0.4) is 0 Å². The summed E-state index contributed by atoms with van der Waals surface area (Å²) in [6.07, 6.45) is -0.840. The van der Waals surface area contributed by atoms with Crippen molar-refractivity contribution < 1.29 is 13.5 Å². The smallest absolute Gasteiger partial charge is 0.181 e. The molecule has 0 fully saturated rings. The van der Waals surface area contributed by atoms with Crippen molar-refractivity contribution in [1.29, 1.82) is 5.26 Å². The van der Waals surface area contributed by atoms with Gasteiger partial charge in [0.15, 0.2) is 17.7 Å². The third kappa shape index (κ3) is 2.10. The van der Waals surface area contributed by atoms with Crippen LogP contribution >= 0.6 is 0 Å². The molecule has 2 N–H and O–H groups in total. The van der Waals surface area contributed by atoms with Gasteiger partial charge in [-0.25, -0.2) is 8.78 Å². The average molecular weight is 198 g/mol. The molecular formula is C9H8F2N2O.